The Morgan fingerprint density at radius 3 is 2.93 bits per heavy atom. The number of thiophene rings is 1. The highest BCUT2D eigenvalue weighted by molar-refractivity contribution is 7.08. The molecule has 5 heteroatoms. The summed E-state index contributed by atoms with van der Waals surface area (Å²) in [7, 11) is 0. The Balaban J connectivity index is 2.31. The van der Waals surface area contributed by atoms with Crippen LogP contribution in [0.25, 0.3) is 0 Å². The third kappa shape index (κ3) is 3.53. The molecular formula is C10H17N3OS. The molecule has 0 spiro atoms. The Hall–Kier alpha value is -1.07. The lowest BCUT2D eigenvalue weighted by Gasteiger charge is -2.10. The lowest BCUT2D eigenvalue weighted by atomic mass is 10.1. The number of amidine groups is 1. The smallest absolute Gasteiger partial charge is 0.143 e. The van der Waals surface area contributed by atoms with E-state index in [1.54, 1.807) is 11.3 Å². The number of aryl methyl sites for hydroxylation is 1. The van der Waals surface area contributed by atoms with E-state index in [9.17, 15) is 0 Å². The number of hydrogen-bond donors (Lipinski definition) is 3. The predicted octanol–water partition coefficient (Wildman–Crippen LogP) is 1.53. The Morgan fingerprint density at radius 2 is 2.40 bits per heavy atom. The standard InChI is InChI=1S/C10H17N3OS/c1-7(10(11)13-14)3-12-4-9-6-15-5-8(9)2/h5-7,12,14H,3-4H2,1-2H3,(H2,11,13). The van der Waals surface area contributed by atoms with Gasteiger partial charge in [-0.1, -0.05) is 12.1 Å². The van der Waals surface area contributed by atoms with Gasteiger partial charge in [-0.3, -0.25) is 0 Å². The van der Waals surface area contributed by atoms with E-state index in [-0.39, 0.29) is 11.8 Å². The quantitative estimate of drug-likeness (QED) is 0.309. The highest BCUT2D eigenvalue weighted by Crippen LogP contribution is 2.12. The van der Waals surface area contributed by atoms with Crippen LogP contribution in [0.15, 0.2) is 15.9 Å². The summed E-state index contributed by atoms with van der Waals surface area (Å²) in [6.45, 7) is 5.56. The molecule has 4 N–H and O–H groups in total. The van der Waals surface area contributed by atoms with Gasteiger partial charge in [0.2, 0.25) is 0 Å². The van der Waals surface area contributed by atoms with Crippen molar-refractivity contribution >= 4 is 17.2 Å². The van der Waals surface area contributed by atoms with Crippen LogP contribution in [-0.4, -0.2) is 17.6 Å². The second-order valence-corrected chi connectivity index (χ2v) is 4.38. The lowest BCUT2D eigenvalue weighted by Crippen LogP contribution is -2.31. The van der Waals surface area contributed by atoms with Crippen LogP contribution in [0.5, 0.6) is 0 Å². The van der Waals surface area contributed by atoms with Crippen LogP contribution >= 0.6 is 11.3 Å². The number of hydrogen-bond acceptors (Lipinski definition) is 4. The van der Waals surface area contributed by atoms with Gasteiger partial charge in [-0.2, -0.15) is 11.3 Å². The molecule has 0 fully saturated rings. The van der Waals surface area contributed by atoms with Crippen LogP contribution in [0.1, 0.15) is 18.1 Å². The van der Waals surface area contributed by atoms with Crippen molar-refractivity contribution in [2.24, 2.45) is 16.8 Å². The number of nitrogens with one attached hydrogen (secondary N) is 1. The Kier molecular flexibility index (Phi) is 4.58. The van der Waals surface area contributed by atoms with Gasteiger partial charge in [0.15, 0.2) is 0 Å². The minimum atomic E-state index is 0.0499. The maximum absolute atomic E-state index is 8.47. The number of nitrogens with zero attached hydrogens (tertiary/aromatic N) is 1. The van der Waals surface area contributed by atoms with Crippen LogP contribution in [0.3, 0.4) is 0 Å². The van der Waals surface area contributed by atoms with Crippen molar-refractivity contribution in [1.82, 2.24) is 5.32 Å². The van der Waals surface area contributed by atoms with Gasteiger partial charge in [-0.15, -0.1) is 0 Å². The predicted molar refractivity (Wildman–Crippen MR) is 63.3 cm³/mol. The molecular weight excluding hydrogens is 210 g/mol. The molecule has 4 nitrogen and oxygen atoms in total. The molecule has 15 heavy (non-hydrogen) atoms. The highest BCUT2D eigenvalue weighted by Gasteiger charge is 2.07. The first-order valence-corrected chi connectivity index (χ1v) is 5.79. The highest BCUT2D eigenvalue weighted by atomic mass is 32.1. The van der Waals surface area contributed by atoms with E-state index >= 15 is 0 Å². The summed E-state index contributed by atoms with van der Waals surface area (Å²) < 4.78 is 0. The van der Waals surface area contributed by atoms with Crippen molar-refractivity contribution in [2.75, 3.05) is 6.54 Å². The van der Waals surface area contributed by atoms with Crippen molar-refractivity contribution < 1.29 is 5.21 Å². The number of oxime groups is 1. The summed E-state index contributed by atoms with van der Waals surface area (Å²) in [6, 6.07) is 0. The van der Waals surface area contributed by atoms with Gasteiger partial charge in [-0.05, 0) is 28.8 Å². The van der Waals surface area contributed by atoms with Gasteiger partial charge in [-0.25, -0.2) is 0 Å². The largest absolute Gasteiger partial charge is 0.409 e. The normalized spacial score (nSPS) is 14.1. The molecule has 0 radical (unpaired) electrons. The van der Waals surface area contributed by atoms with Crippen LogP contribution < -0.4 is 11.1 Å². The molecule has 1 rings (SSSR count). The van der Waals surface area contributed by atoms with Gasteiger partial charge in [0.05, 0.1) is 0 Å². The summed E-state index contributed by atoms with van der Waals surface area (Å²) in [5, 5.41) is 19.0. The first kappa shape index (κ1) is 12.0. The third-order valence-corrected chi connectivity index (χ3v) is 3.26. The number of rotatable bonds is 5. The fourth-order valence-electron chi connectivity index (χ4n) is 1.19. The zero-order valence-electron chi connectivity index (χ0n) is 9.03. The fourth-order valence-corrected chi connectivity index (χ4v) is 2.05. The lowest BCUT2D eigenvalue weighted by molar-refractivity contribution is 0.314. The molecule has 1 heterocycles. The Bertz CT molecular complexity index is 335. The van der Waals surface area contributed by atoms with Crippen molar-refractivity contribution in [3.63, 3.8) is 0 Å². The summed E-state index contributed by atoms with van der Waals surface area (Å²) in [5.41, 5.74) is 8.09. The van der Waals surface area contributed by atoms with Gasteiger partial charge in [0, 0.05) is 19.0 Å². The Morgan fingerprint density at radius 1 is 1.67 bits per heavy atom. The maximum atomic E-state index is 8.47. The molecule has 0 amide bonds. The minimum Gasteiger partial charge on any atom is -0.409 e. The summed E-state index contributed by atoms with van der Waals surface area (Å²) >= 11 is 1.71. The zero-order chi connectivity index (χ0) is 11.3. The first-order chi connectivity index (χ1) is 7.15. The van der Waals surface area contributed by atoms with Gasteiger partial charge in [0.25, 0.3) is 0 Å². The summed E-state index contributed by atoms with van der Waals surface area (Å²) in [5.74, 6) is 0.318. The van der Waals surface area contributed by atoms with E-state index in [1.165, 1.54) is 11.1 Å². The van der Waals surface area contributed by atoms with Crippen molar-refractivity contribution in [3.05, 3.63) is 21.9 Å². The molecule has 0 saturated carbocycles. The van der Waals surface area contributed by atoms with Crippen LogP contribution in [-0.2, 0) is 6.54 Å². The van der Waals surface area contributed by atoms with E-state index in [2.05, 4.69) is 28.2 Å². The van der Waals surface area contributed by atoms with Crippen LogP contribution in [0.4, 0.5) is 0 Å². The molecule has 0 bridgehead atoms. The third-order valence-electron chi connectivity index (χ3n) is 2.35. The fraction of sp³-hybridized carbons (Fsp3) is 0.500. The van der Waals surface area contributed by atoms with Crippen molar-refractivity contribution in [3.8, 4) is 0 Å². The Labute approximate surface area is 93.8 Å². The van der Waals surface area contributed by atoms with E-state index < -0.39 is 0 Å². The topological polar surface area (TPSA) is 70.6 Å². The molecule has 0 saturated heterocycles. The molecule has 0 aliphatic heterocycles. The first-order valence-electron chi connectivity index (χ1n) is 4.85. The monoisotopic (exact) mass is 227 g/mol. The molecule has 1 unspecified atom stereocenters. The van der Waals surface area contributed by atoms with Gasteiger partial charge >= 0.3 is 0 Å². The molecule has 1 aromatic rings. The molecule has 0 aromatic carbocycles. The average Bonchev–Trinajstić information content (AvgIpc) is 2.63. The van der Waals surface area contributed by atoms with E-state index in [0.29, 0.717) is 6.54 Å². The number of nitrogens with two attached hydrogens (primary N) is 1. The second-order valence-electron chi connectivity index (χ2n) is 3.64. The van der Waals surface area contributed by atoms with E-state index in [0.717, 1.165) is 6.54 Å². The van der Waals surface area contributed by atoms with Crippen LogP contribution in [0, 0.1) is 12.8 Å². The minimum absolute atomic E-state index is 0.0499. The van der Waals surface area contributed by atoms with Gasteiger partial charge < -0.3 is 16.3 Å². The van der Waals surface area contributed by atoms with Crippen molar-refractivity contribution in [1.29, 1.82) is 0 Å². The molecule has 0 aliphatic carbocycles. The molecule has 1 aromatic heterocycles. The van der Waals surface area contributed by atoms with Crippen molar-refractivity contribution in [2.45, 2.75) is 20.4 Å². The molecule has 0 aliphatic rings. The average molecular weight is 227 g/mol. The van der Waals surface area contributed by atoms with E-state index in [4.69, 9.17) is 10.9 Å². The summed E-state index contributed by atoms with van der Waals surface area (Å²) in [4.78, 5) is 0. The second kappa shape index (κ2) is 5.72. The molecule has 1 atom stereocenters. The maximum Gasteiger partial charge on any atom is 0.143 e. The van der Waals surface area contributed by atoms with Crippen LogP contribution in [0.2, 0.25) is 0 Å². The van der Waals surface area contributed by atoms with Gasteiger partial charge in [0.1, 0.15) is 5.84 Å². The zero-order valence-corrected chi connectivity index (χ0v) is 9.84. The SMILES string of the molecule is Cc1cscc1CNCC(C)C(N)=NO. The molecule has 84 valence electrons. The summed E-state index contributed by atoms with van der Waals surface area (Å²) in [6.07, 6.45) is 0. The van der Waals surface area contributed by atoms with E-state index in [1.807, 2.05) is 6.92 Å².